The molecule has 1 aromatic heterocycles. The van der Waals surface area contributed by atoms with Crippen LogP contribution in [0.15, 0.2) is 30.3 Å². The van der Waals surface area contributed by atoms with Gasteiger partial charge in [-0.3, -0.25) is 10.1 Å². The molecule has 110 valence electrons. The maximum Gasteiger partial charge on any atom is 0.324 e. The van der Waals surface area contributed by atoms with Crippen molar-refractivity contribution in [2.75, 3.05) is 18.5 Å². The highest BCUT2D eigenvalue weighted by Crippen LogP contribution is 2.32. The van der Waals surface area contributed by atoms with Gasteiger partial charge in [-0.1, -0.05) is 11.3 Å². The lowest BCUT2D eigenvalue weighted by Gasteiger charge is -2.10. The van der Waals surface area contributed by atoms with Crippen molar-refractivity contribution in [2.45, 2.75) is 13.0 Å². The summed E-state index contributed by atoms with van der Waals surface area (Å²) in [7, 11) is 0. The number of benzene rings is 1. The summed E-state index contributed by atoms with van der Waals surface area (Å²) in [4.78, 5) is 11.2. The first-order valence-corrected chi connectivity index (χ1v) is 7.40. The summed E-state index contributed by atoms with van der Waals surface area (Å²) < 4.78 is 11.2. The molecule has 0 radical (unpaired) electrons. The zero-order valence-corrected chi connectivity index (χ0v) is 12.0. The van der Waals surface area contributed by atoms with E-state index >= 15 is 0 Å². The van der Waals surface area contributed by atoms with Gasteiger partial charge in [-0.25, -0.2) is 0 Å². The van der Waals surface area contributed by atoms with E-state index < -0.39 is 0 Å². The van der Waals surface area contributed by atoms with Gasteiger partial charge in [-0.05, 0) is 18.2 Å². The number of hydrogen-bond acceptors (Lipinski definition) is 6. The summed E-state index contributed by atoms with van der Waals surface area (Å²) in [5, 5.41) is 14.0. The lowest BCUT2D eigenvalue weighted by atomic mass is 10.2. The number of ether oxygens (including phenoxy) is 2. The zero-order valence-electron chi connectivity index (χ0n) is 11.2. The molecule has 7 heteroatoms. The normalized spacial score (nSPS) is 13.5. The summed E-state index contributed by atoms with van der Waals surface area (Å²) in [6, 6.07) is 8.96. The van der Waals surface area contributed by atoms with E-state index in [1.165, 1.54) is 17.4 Å². The standard InChI is InChI=1S/C14H14N2O4S/c17-16(18)14-5-3-11(21-14)9-15-10-2-4-12-13(8-10)20-7-1-6-19-12/h2-5,8,15H,1,6-7,9H2. The predicted octanol–water partition coefficient (Wildman–Crippen LogP) is 3.43. The summed E-state index contributed by atoms with van der Waals surface area (Å²) in [5.74, 6) is 1.49. The van der Waals surface area contributed by atoms with E-state index in [4.69, 9.17) is 9.47 Å². The van der Waals surface area contributed by atoms with E-state index in [1.54, 1.807) is 6.07 Å². The second-order valence-electron chi connectivity index (χ2n) is 4.56. The Labute approximate surface area is 125 Å². The average molecular weight is 306 g/mol. The van der Waals surface area contributed by atoms with Gasteiger partial charge in [0.15, 0.2) is 11.5 Å². The molecule has 0 aliphatic carbocycles. The third-order valence-corrected chi connectivity index (χ3v) is 4.08. The van der Waals surface area contributed by atoms with Crippen LogP contribution in [0.25, 0.3) is 0 Å². The number of thiophene rings is 1. The molecule has 0 unspecified atom stereocenters. The molecule has 6 nitrogen and oxygen atoms in total. The number of nitrogens with zero attached hydrogens (tertiary/aromatic N) is 1. The third-order valence-electron chi connectivity index (χ3n) is 3.04. The Bertz CT molecular complexity index is 656. The molecule has 0 bridgehead atoms. The van der Waals surface area contributed by atoms with E-state index in [0.717, 1.165) is 28.5 Å². The fraction of sp³-hybridized carbons (Fsp3) is 0.286. The van der Waals surface area contributed by atoms with Crippen LogP contribution in [0.4, 0.5) is 10.7 Å². The molecule has 2 aromatic rings. The Morgan fingerprint density at radius 1 is 1.19 bits per heavy atom. The highest BCUT2D eigenvalue weighted by molar-refractivity contribution is 7.15. The predicted molar refractivity (Wildman–Crippen MR) is 80.3 cm³/mol. The molecule has 0 saturated carbocycles. The van der Waals surface area contributed by atoms with Crippen LogP contribution in [0.5, 0.6) is 11.5 Å². The minimum atomic E-state index is -0.373. The van der Waals surface area contributed by atoms with Crippen LogP contribution in [0.1, 0.15) is 11.3 Å². The van der Waals surface area contributed by atoms with Gasteiger partial charge in [0.05, 0.1) is 18.1 Å². The van der Waals surface area contributed by atoms with E-state index in [1.807, 2.05) is 18.2 Å². The van der Waals surface area contributed by atoms with Crippen LogP contribution in [-0.4, -0.2) is 18.1 Å². The lowest BCUT2D eigenvalue weighted by molar-refractivity contribution is -0.380. The molecule has 0 amide bonds. The zero-order chi connectivity index (χ0) is 14.7. The van der Waals surface area contributed by atoms with Crippen molar-refractivity contribution in [1.82, 2.24) is 0 Å². The minimum absolute atomic E-state index is 0.158. The van der Waals surface area contributed by atoms with Gasteiger partial charge in [0.1, 0.15) is 0 Å². The topological polar surface area (TPSA) is 73.6 Å². The first kappa shape index (κ1) is 13.7. The molecule has 0 saturated heterocycles. The van der Waals surface area contributed by atoms with Gasteiger partial charge in [-0.2, -0.15) is 0 Å². The highest BCUT2D eigenvalue weighted by Gasteiger charge is 2.12. The van der Waals surface area contributed by atoms with Crippen molar-refractivity contribution in [3.05, 3.63) is 45.3 Å². The molecule has 1 aliphatic rings. The molecule has 0 fully saturated rings. The Balaban J connectivity index is 1.67. The number of hydrogen-bond donors (Lipinski definition) is 1. The van der Waals surface area contributed by atoms with Crippen molar-refractivity contribution >= 4 is 22.0 Å². The minimum Gasteiger partial charge on any atom is -0.490 e. The molecular formula is C14H14N2O4S. The summed E-state index contributed by atoms with van der Waals surface area (Å²) in [5.41, 5.74) is 0.898. The van der Waals surface area contributed by atoms with E-state index in [-0.39, 0.29) is 9.92 Å². The van der Waals surface area contributed by atoms with Crippen molar-refractivity contribution in [2.24, 2.45) is 0 Å². The molecular weight excluding hydrogens is 292 g/mol. The molecule has 1 N–H and O–H groups in total. The Morgan fingerprint density at radius 2 is 2.00 bits per heavy atom. The molecule has 2 heterocycles. The van der Waals surface area contributed by atoms with E-state index in [2.05, 4.69) is 5.32 Å². The summed E-state index contributed by atoms with van der Waals surface area (Å²) >= 11 is 1.17. The molecule has 1 aromatic carbocycles. The van der Waals surface area contributed by atoms with Crippen molar-refractivity contribution in [3.8, 4) is 11.5 Å². The number of anilines is 1. The van der Waals surface area contributed by atoms with Gasteiger partial charge < -0.3 is 14.8 Å². The van der Waals surface area contributed by atoms with Crippen LogP contribution in [-0.2, 0) is 6.54 Å². The van der Waals surface area contributed by atoms with Crippen molar-refractivity contribution < 1.29 is 14.4 Å². The highest BCUT2D eigenvalue weighted by atomic mass is 32.1. The lowest BCUT2D eigenvalue weighted by Crippen LogP contribution is -1.99. The van der Waals surface area contributed by atoms with Crippen LogP contribution >= 0.6 is 11.3 Å². The fourth-order valence-corrected chi connectivity index (χ4v) is 2.78. The second-order valence-corrected chi connectivity index (χ2v) is 5.71. The monoisotopic (exact) mass is 306 g/mol. The summed E-state index contributed by atoms with van der Waals surface area (Å²) in [6.07, 6.45) is 0.871. The number of nitro groups is 1. The molecule has 3 rings (SSSR count). The molecule has 1 aliphatic heterocycles. The second kappa shape index (κ2) is 6.01. The fourth-order valence-electron chi connectivity index (χ4n) is 2.02. The summed E-state index contributed by atoms with van der Waals surface area (Å²) in [6.45, 7) is 1.85. The first-order valence-electron chi connectivity index (χ1n) is 6.59. The number of fused-ring (bicyclic) bond motifs is 1. The number of nitrogens with one attached hydrogen (secondary N) is 1. The number of rotatable bonds is 4. The maximum absolute atomic E-state index is 10.6. The SMILES string of the molecule is O=[N+]([O-])c1ccc(CNc2ccc3c(c2)OCCCO3)s1. The van der Waals surface area contributed by atoms with E-state index in [0.29, 0.717) is 19.8 Å². The maximum atomic E-state index is 10.6. The van der Waals surface area contributed by atoms with Crippen LogP contribution < -0.4 is 14.8 Å². The van der Waals surface area contributed by atoms with Crippen LogP contribution in [0.3, 0.4) is 0 Å². The first-order chi connectivity index (χ1) is 10.2. The average Bonchev–Trinajstić information content (AvgIpc) is 2.84. The largest absolute Gasteiger partial charge is 0.490 e. The molecule has 0 atom stereocenters. The quantitative estimate of drug-likeness (QED) is 0.692. The van der Waals surface area contributed by atoms with Gasteiger partial charge in [-0.15, -0.1) is 0 Å². The van der Waals surface area contributed by atoms with Gasteiger partial charge in [0.2, 0.25) is 0 Å². The van der Waals surface area contributed by atoms with Gasteiger partial charge >= 0.3 is 5.00 Å². The van der Waals surface area contributed by atoms with Crippen molar-refractivity contribution in [1.29, 1.82) is 0 Å². The van der Waals surface area contributed by atoms with Crippen LogP contribution in [0.2, 0.25) is 0 Å². The third kappa shape index (κ3) is 3.25. The van der Waals surface area contributed by atoms with Crippen LogP contribution in [0, 0.1) is 10.1 Å². The Kier molecular flexibility index (Phi) is 3.92. The smallest absolute Gasteiger partial charge is 0.324 e. The van der Waals surface area contributed by atoms with Gasteiger partial charge in [0.25, 0.3) is 0 Å². The molecule has 0 spiro atoms. The van der Waals surface area contributed by atoms with E-state index in [9.17, 15) is 10.1 Å². The van der Waals surface area contributed by atoms with Gasteiger partial charge in [0, 0.05) is 35.7 Å². The molecule has 21 heavy (non-hydrogen) atoms. The Morgan fingerprint density at radius 3 is 2.76 bits per heavy atom. The van der Waals surface area contributed by atoms with Crippen molar-refractivity contribution in [3.63, 3.8) is 0 Å². The Hall–Kier alpha value is -2.28.